The van der Waals surface area contributed by atoms with Crippen molar-refractivity contribution in [2.24, 2.45) is 0 Å². The summed E-state index contributed by atoms with van der Waals surface area (Å²) in [5.41, 5.74) is 6.64. The third kappa shape index (κ3) is 2.50. The lowest BCUT2D eigenvalue weighted by Crippen LogP contribution is -1.99. The van der Waals surface area contributed by atoms with Gasteiger partial charge in [0.25, 0.3) is 0 Å². The molecule has 0 fully saturated rings. The van der Waals surface area contributed by atoms with E-state index in [1.54, 1.807) is 6.07 Å². The summed E-state index contributed by atoms with van der Waals surface area (Å²) in [6.07, 6.45) is 1.41. The summed E-state index contributed by atoms with van der Waals surface area (Å²) < 4.78 is 13.3. The van der Waals surface area contributed by atoms with Gasteiger partial charge in [-0.25, -0.2) is 9.37 Å². The number of rotatable bonds is 2. The quantitative estimate of drug-likeness (QED) is 0.872. The number of anilines is 3. The van der Waals surface area contributed by atoms with Gasteiger partial charge in [-0.1, -0.05) is 11.6 Å². The number of pyridine rings is 1. The van der Waals surface area contributed by atoms with Gasteiger partial charge in [0.15, 0.2) is 0 Å². The summed E-state index contributed by atoms with van der Waals surface area (Å²) in [4.78, 5) is 3.98. The third-order valence-electron chi connectivity index (χ3n) is 2.21. The molecule has 0 spiro atoms. The van der Waals surface area contributed by atoms with Gasteiger partial charge in [0, 0.05) is 5.69 Å². The van der Waals surface area contributed by atoms with E-state index in [-0.39, 0.29) is 10.6 Å². The number of hydrogen-bond donors (Lipinski definition) is 2. The van der Waals surface area contributed by atoms with Gasteiger partial charge in [-0.05, 0) is 24.3 Å². The topological polar surface area (TPSA) is 74.7 Å². The van der Waals surface area contributed by atoms with Crippen LogP contribution in [0.2, 0.25) is 5.02 Å². The van der Waals surface area contributed by atoms with E-state index in [0.717, 1.165) is 0 Å². The zero-order valence-corrected chi connectivity index (χ0v) is 9.87. The van der Waals surface area contributed by atoms with Gasteiger partial charge in [0.2, 0.25) is 0 Å². The largest absolute Gasteiger partial charge is 0.397 e. The van der Waals surface area contributed by atoms with Crippen LogP contribution in [0.1, 0.15) is 5.56 Å². The van der Waals surface area contributed by atoms with Crippen LogP contribution in [0.4, 0.5) is 21.6 Å². The normalized spacial score (nSPS) is 9.83. The average molecular weight is 263 g/mol. The van der Waals surface area contributed by atoms with Crippen molar-refractivity contribution in [3.05, 3.63) is 46.9 Å². The summed E-state index contributed by atoms with van der Waals surface area (Å²) in [6.45, 7) is 0. The molecule has 3 N–H and O–H groups in total. The van der Waals surface area contributed by atoms with Crippen molar-refractivity contribution in [3.8, 4) is 6.07 Å². The molecule has 2 rings (SSSR count). The van der Waals surface area contributed by atoms with E-state index in [2.05, 4.69) is 10.3 Å². The minimum atomic E-state index is -0.546. The molecule has 1 aromatic carbocycles. The second-order valence-electron chi connectivity index (χ2n) is 3.53. The maximum absolute atomic E-state index is 13.3. The number of nitrogens with two attached hydrogens (primary N) is 1. The van der Waals surface area contributed by atoms with Crippen molar-refractivity contribution >= 4 is 28.8 Å². The molecule has 18 heavy (non-hydrogen) atoms. The summed E-state index contributed by atoms with van der Waals surface area (Å²) in [5.74, 6) is -0.232. The van der Waals surface area contributed by atoms with Gasteiger partial charge in [0.05, 0.1) is 22.5 Å². The molecule has 2 aromatic rings. The Morgan fingerprint density at radius 2 is 2.17 bits per heavy atom. The van der Waals surface area contributed by atoms with Crippen molar-refractivity contribution in [2.75, 3.05) is 11.1 Å². The van der Waals surface area contributed by atoms with E-state index in [9.17, 15) is 4.39 Å². The van der Waals surface area contributed by atoms with Crippen LogP contribution in [0, 0.1) is 17.1 Å². The Balaban J connectivity index is 2.34. The molecule has 90 valence electrons. The lowest BCUT2D eigenvalue weighted by atomic mass is 10.2. The van der Waals surface area contributed by atoms with Crippen molar-refractivity contribution < 1.29 is 4.39 Å². The molecule has 0 radical (unpaired) electrons. The van der Waals surface area contributed by atoms with Gasteiger partial charge in [-0.15, -0.1) is 0 Å². The summed E-state index contributed by atoms with van der Waals surface area (Å²) in [6, 6.07) is 7.68. The van der Waals surface area contributed by atoms with Crippen LogP contribution in [0.5, 0.6) is 0 Å². The molecule has 1 aromatic heterocycles. The number of benzene rings is 1. The predicted molar refractivity (Wildman–Crippen MR) is 68.1 cm³/mol. The molecular weight excluding hydrogens is 255 g/mol. The second kappa shape index (κ2) is 4.90. The Kier molecular flexibility index (Phi) is 3.31. The fourth-order valence-electron chi connectivity index (χ4n) is 1.38. The van der Waals surface area contributed by atoms with Gasteiger partial charge in [-0.2, -0.15) is 5.26 Å². The van der Waals surface area contributed by atoms with Crippen LogP contribution in [-0.2, 0) is 0 Å². The van der Waals surface area contributed by atoms with E-state index in [1.165, 1.54) is 24.4 Å². The van der Waals surface area contributed by atoms with E-state index in [1.807, 2.05) is 6.07 Å². The monoisotopic (exact) mass is 262 g/mol. The van der Waals surface area contributed by atoms with Crippen LogP contribution in [-0.4, -0.2) is 4.98 Å². The molecule has 0 bridgehead atoms. The number of nitrogens with zero attached hydrogens (tertiary/aromatic N) is 2. The highest BCUT2D eigenvalue weighted by molar-refractivity contribution is 6.30. The molecule has 1 heterocycles. The molecule has 0 aliphatic rings. The lowest BCUT2D eigenvalue weighted by molar-refractivity contribution is 0.629. The molecule has 0 unspecified atom stereocenters. The first-order chi connectivity index (χ1) is 8.60. The number of nitriles is 1. The highest BCUT2D eigenvalue weighted by atomic mass is 35.5. The molecule has 6 heteroatoms. The minimum absolute atomic E-state index is 0.0336. The number of nitrogen functional groups attached to an aromatic ring is 1. The summed E-state index contributed by atoms with van der Waals surface area (Å²) in [7, 11) is 0. The number of hydrogen-bond acceptors (Lipinski definition) is 4. The molecule has 0 saturated heterocycles. The standard InChI is InChI=1S/C12H8ClFN4/c13-10-2-1-9(4-11(10)14)18-12-7(5-15)3-8(16)6-17-12/h1-4,6H,16H2,(H,17,18). The molecule has 0 saturated carbocycles. The van der Waals surface area contributed by atoms with Crippen LogP contribution in [0.15, 0.2) is 30.5 Å². The van der Waals surface area contributed by atoms with Gasteiger partial charge < -0.3 is 11.1 Å². The Hall–Kier alpha value is -2.32. The van der Waals surface area contributed by atoms with Crippen LogP contribution in [0.3, 0.4) is 0 Å². The number of halogens is 2. The van der Waals surface area contributed by atoms with Crippen LogP contribution < -0.4 is 11.1 Å². The first-order valence-corrected chi connectivity index (χ1v) is 5.35. The average Bonchev–Trinajstić information content (AvgIpc) is 2.36. The Bertz CT molecular complexity index is 636. The van der Waals surface area contributed by atoms with Crippen molar-refractivity contribution in [3.63, 3.8) is 0 Å². The highest BCUT2D eigenvalue weighted by Gasteiger charge is 2.06. The predicted octanol–water partition coefficient (Wildman–Crippen LogP) is 3.07. The van der Waals surface area contributed by atoms with Crippen molar-refractivity contribution in [2.45, 2.75) is 0 Å². The fourth-order valence-corrected chi connectivity index (χ4v) is 1.49. The maximum atomic E-state index is 13.3. The summed E-state index contributed by atoms with van der Waals surface area (Å²) >= 11 is 5.58. The third-order valence-corrected chi connectivity index (χ3v) is 2.52. The number of nitrogens with one attached hydrogen (secondary N) is 1. The minimum Gasteiger partial charge on any atom is -0.397 e. The molecule has 0 aliphatic carbocycles. The molecule has 0 atom stereocenters. The maximum Gasteiger partial charge on any atom is 0.148 e. The SMILES string of the molecule is N#Cc1cc(N)cnc1Nc1ccc(Cl)c(F)c1. The molecule has 0 aliphatic heterocycles. The summed E-state index contributed by atoms with van der Waals surface area (Å²) in [5, 5.41) is 11.8. The first kappa shape index (κ1) is 12.1. The van der Waals surface area contributed by atoms with Crippen LogP contribution >= 0.6 is 11.6 Å². The second-order valence-corrected chi connectivity index (χ2v) is 3.94. The van der Waals surface area contributed by atoms with Gasteiger partial charge in [-0.3, -0.25) is 0 Å². The molecule has 4 nitrogen and oxygen atoms in total. The zero-order valence-electron chi connectivity index (χ0n) is 9.11. The van der Waals surface area contributed by atoms with Gasteiger partial charge >= 0.3 is 0 Å². The lowest BCUT2D eigenvalue weighted by Gasteiger charge is -2.08. The Labute approximate surface area is 108 Å². The van der Waals surface area contributed by atoms with Gasteiger partial charge in [0.1, 0.15) is 17.7 Å². The van der Waals surface area contributed by atoms with E-state index >= 15 is 0 Å². The highest BCUT2D eigenvalue weighted by Crippen LogP contribution is 2.23. The Morgan fingerprint density at radius 3 is 2.83 bits per heavy atom. The van der Waals surface area contributed by atoms with E-state index < -0.39 is 5.82 Å². The number of aromatic nitrogens is 1. The van der Waals surface area contributed by atoms with Crippen molar-refractivity contribution in [1.82, 2.24) is 4.98 Å². The van der Waals surface area contributed by atoms with E-state index in [4.69, 9.17) is 22.6 Å². The molecule has 0 amide bonds. The van der Waals surface area contributed by atoms with E-state index in [0.29, 0.717) is 17.2 Å². The smallest absolute Gasteiger partial charge is 0.148 e. The Morgan fingerprint density at radius 1 is 1.39 bits per heavy atom. The fraction of sp³-hybridized carbons (Fsp3) is 0. The first-order valence-electron chi connectivity index (χ1n) is 4.98. The van der Waals surface area contributed by atoms with Crippen molar-refractivity contribution in [1.29, 1.82) is 5.26 Å². The zero-order chi connectivity index (χ0) is 13.1. The van der Waals surface area contributed by atoms with Crippen LogP contribution in [0.25, 0.3) is 0 Å². The molecular formula is C12H8ClFN4.